The van der Waals surface area contributed by atoms with Crippen molar-refractivity contribution in [2.24, 2.45) is 0 Å². The zero-order valence-corrected chi connectivity index (χ0v) is 18.0. The molecule has 0 bridgehead atoms. The number of hydrogen-bond acceptors (Lipinski definition) is 9. The zero-order chi connectivity index (χ0) is 23.8. The van der Waals surface area contributed by atoms with Gasteiger partial charge >= 0.3 is 0 Å². The van der Waals surface area contributed by atoms with E-state index >= 15 is 0 Å². The summed E-state index contributed by atoms with van der Waals surface area (Å²) in [5, 5.41) is 22.0. The molecule has 174 valence electrons. The van der Waals surface area contributed by atoms with E-state index in [1.807, 2.05) is 0 Å². The average Bonchev–Trinajstić information content (AvgIpc) is 3.47. The predicted octanol–water partition coefficient (Wildman–Crippen LogP) is 1.11. The molecule has 0 aliphatic carbocycles. The first-order valence-electron chi connectivity index (χ1n) is 10.5. The Hall–Kier alpha value is -4.29. The molecule has 2 amide bonds. The van der Waals surface area contributed by atoms with Crippen molar-refractivity contribution in [2.45, 2.75) is 25.2 Å². The zero-order valence-electron chi connectivity index (χ0n) is 18.0. The van der Waals surface area contributed by atoms with E-state index in [4.69, 9.17) is 15.0 Å². The van der Waals surface area contributed by atoms with Crippen molar-refractivity contribution in [3.8, 4) is 5.69 Å². The summed E-state index contributed by atoms with van der Waals surface area (Å²) in [5.74, 6) is -0.766. The van der Waals surface area contributed by atoms with Gasteiger partial charge in [-0.25, -0.2) is 4.68 Å². The first-order valence-corrected chi connectivity index (χ1v) is 10.5. The lowest BCUT2D eigenvalue weighted by Crippen LogP contribution is -2.58. The van der Waals surface area contributed by atoms with E-state index in [1.165, 1.54) is 11.0 Å². The van der Waals surface area contributed by atoms with Gasteiger partial charge in [0.05, 0.1) is 23.7 Å². The van der Waals surface area contributed by atoms with Crippen molar-refractivity contribution in [1.29, 1.82) is 0 Å². The number of hydrogen-bond donors (Lipinski definition) is 3. The number of carbonyl (C=O) groups excluding carboxylic acids is 2. The lowest BCUT2D eigenvalue weighted by molar-refractivity contribution is -0.156. The number of rotatable bonds is 5. The molecular formula is C22H21N7O5. The fraction of sp³-hybridized carbons (Fsp3) is 0.227. The topological polar surface area (TPSA) is 162 Å². The summed E-state index contributed by atoms with van der Waals surface area (Å²) >= 11 is 0. The maximum Gasteiger partial charge on any atom is 0.260 e. The van der Waals surface area contributed by atoms with Crippen LogP contribution >= 0.6 is 0 Å². The van der Waals surface area contributed by atoms with Crippen LogP contribution in [0.4, 0.5) is 17.3 Å². The summed E-state index contributed by atoms with van der Waals surface area (Å²) in [6, 6.07) is 9.98. The summed E-state index contributed by atoms with van der Waals surface area (Å²) in [4.78, 5) is 31.3. The summed E-state index contributed by atoms with van der Waals surface area (Å²) < 4.78 is 12.3. The minimum Gasteiger partial charge on any atom is -0.380 e. The fourth-order valence-electron chi connectivity index (χ4n) is 3.76. The summed E-state index contributed by atoms with van der Waals surface area (Å²) in [6.07, 6.45) is 1.39. The summed E-state index contributed by atoms with van der Waals surface area (Å²) in [6.45, 7) is 1.97. The van der Waals surface area contributed by atoms with Crippen LogP contribution in [-0.2, 0) is 14.3 Å². The van der Waals surface area contributed by atoms with Crippen molar-refractivity contribution in [2.75, 3.05) is 22.5 Å². The normalized spacial score (nSPS) is 19.4. The van der Waals surface area contributed by atoms with Gasteiger partial charge in [0.15, 0.2) is 29.4 Å². The molecule has 0 spiro atoms. The molecule has 4 aromatic rings. The Bertz CT molecular complexity index is 1350. The number of morpholine rings is 1. The van der Waals surface area contributed by atoms with E-state index in [1.54, 1.807) is 60.5 Å². The maximum absolute atomic E-state index is 13.2. The van der Waals surface area contributed by atoms with Gasteiger partial charge in [0, 0.05) is 36.4 Å². The Kier molecular flexibility index (Phi) is 5.43. The number of nitrogens with one attached hydrogen (secondary N) is 1. The molecule has 5 rings (SSSR count). The number of anilines is 3. The van der Waals surface area contributed by atoms with Crippen LogP contribution in [0, 0.1) is 0 Å². The van der Waals surface area contributed by atoms with E-state index in [-0.39, 0.29) is 12.4 Å². The molecule has 4 N–H and O–H groups in total. The minimum atomic E-state index is -1.75. The largest absolute Gasteiger partial charge is 0.380 e. The third kappa shape index (κ3) is 3.95. The van der Waals surface area contributed by atoms with Gasteiger partial charge < -0.3 is 25.4 Å². The number of ether oxygens (including phenoxy) is 1. The van der Waals surface area contributed by atoms with Crippen LogP contribution in [-0.4, -0.2) is 61.7 Å². The highest BCUT2D eigenvalue weighted by molar-refractivity contribution is 6.04. The Morgan fingerprint density at radius 3 is 2.85 bits per heavy atom. The number of nitrogens with two attached hydrogens (primary N) is 1. The third-order valence-electron chi connectivity index (χ3n) is 5.43. The maximum atomic E-state index is 13.2. The highest BCUT2D eigenvalue weighted by atomic mass is 16.5. The van der Waals surface area contributed by atoms with Gasteiger partial charge in [0.1, 0.15) is 0 Å². The number of nitrogens with zero attached hydrogens (tertiary/aromatic N) is 5. The van der Waals surface area contributed by atoms with Crippen molar-refractivity contribution in [1.82, 2.24) is 19.9 Å². The van der Waals surface area contributed by atoms with Gasteiger partial charge in [-0.05, 0) is 31.2 Å². The molecule has 1 aliphatic rings. The highest BCUT2D eigenvalue weighted by Crippen LogP contribution is 2.25. The Labute approximate surface area is 192 Å². The van der Waals surface area contributed by atoms with Gasteiger partial charge in [0.25, 0.3) is 11.8 Å². The Morgan fingerprint density at radius 1 is 1.26 bits per heavy atom. The summed E-state index contributed by atoms with van der Waals surface area (Å²) in [5.41, 5.74) is 7.19. The number of aliphatic hydroxyl groups is 1. The van der Waals surface area contributed by atoms with Crippen LogP contribution in [0.5, 0.6) is 0 Å². The molecule has 1 aromatic carbocycles. The molecule has 4 heterocycles. The molecule has 3 atom stereocenters. The first kappa shape index (κ1) is 21.6. The van der Waals surface area contributed by atoms with E-state index in [0.717, 1.165) is 5.69 Å². The van der Waals surface area contributed by atoms with Crippen molar-refractivity contribution >= 4 is 40.1 Å². The van der Waals surface area contributed by atoms with Gasteiger partial charge in [-0.2, -0.15) is 0 Å². The van der Waals surface area contributed by atoms with E-state index in [9.17, 15) is 14.7 Å². The van der Waals surface area contributed by atoms with E-state index in [0.29, 0.717) is 22.5 Å². The lowest BCUT2D eigenvalue weighted by atomic mass is 10.1. The Balaban J connectivity index is 1.33. The van der Waals surface area contributed by atoms with Crippen LogP contribution in [0.1, 0.15) is 6.92 Å². The molecular weight excluding hydrogens is 442 g/mol. The molecule has 1 fully saturated rings. The number of benzene rings is 1. The molecule has 3 aromatic heterocycles. The van der Waals surface area contributed by atoms with Crippen LogP contribution in [0.3, 0.4) is 0 Å². The van der Waals surface area contributed by atoms with Crippen LogP contribution < -0.4 is 16.0 Å². The van der Waals surface area contributed by atoms with Crippen LogP contribution in [0.2, 0.25) is 0 Å². The van der Waals surface area contributed by atoms with Gasteiger partial charge in [0.2, 0.25) is 0 Å². The number of pyridine rings is 1. The molecule has 1 aliphatic heterocycles. The van der Waals surface area contributed by atoms with Crippen molar-refractivity contribution in [3.63, 3.8) is 0 Å². The quantitative estimate of drug-likeness (QED) is 0.394. The molecule has 12 nitrogen and oxygen atoms in total. The summed E-state index contributed by atoms with van der Waals surface area (Å²) in [7, 11) is 0. The SMILES string of the molecule is C[C@@H]1CN(c2ccn(-c3ccncc3)n2)C(=O)[C@@H]([C@@H](O)C(=O)Nc2ccc3c(N)noc3c2)O1. The van der Waals surface area contributed by atoms with Crippen LogP contribution in [0.25, 0.3) is 16.7 Å². The second kappa shape index (κ2) is 8.57. The van der Waals surface area contributed by atoms with Gasteiger partial charge in [-0.3, -0.25) is 19.5 Å². The number of aliphatic hydroxyl groups excluding tert-OH is 1. The monoisotopic (exact) mass is 463 g/mol. The van der Waals surface area contributed by atoms with Gasteiger partial charge in [-0.1, -0.05) is 5.16 Å². The molecule has 12 heteroatoms. The van der Waals surface area contributed by atoms with Crippen LogP contribution in [0.15, 0.2) is 59.5 Å². The highest BCUT2D eigenvalue weighted by Gasteiger charge is 2.42. The van der Waals surface area contributed by atoms with Crippen molar-refractivity contribution < 1.29 is 24.0 Å². The molecule has 0 radical (unpaired) electrons. The second-order valence-electron chi connectivity index (χ2n) is 7.85. The number of carbonyl (C=O) groups is 2. The number of amides is 2. The molecule has 0 saturated carbocycles. The molecule has 34 heavy (non-hydrogen) atoms. The lowest BCUT2D eigenvalue weighted by Gasteiger charge is -2.36. The fourth-order valence-corrected chi connectivity index (χ4v) is 3.76. The first-order chi connectivity index (χ1) is 16.4. The molecule has 0 unspecified atom stereocenters. The smallest absolute Gasteiger partial charge is 0.260 e. The average molecular weight is 463 g/mol. The van der Waals surface area contributed by atoms with Crippen molar-refractivity contribution in [3.05, 3.63) is 55.0 Å². The third-order valence-corrected chi connectivity index (χ3v) is 5.43. The molecule has 1 saturated heterocycles. The van der Waals surface area contributed by atoms with Gasteiger partial charge in [-0.15, -0.1) is 5.10 Å². The number of aromatic nitrogens is 4. The van der Waals surface area contributed by atoms with E-state index in [2.05, 4.69) is 20.6 Å². The predicted molar refractivity (Wildman–Crippen MR) is 121 cm³/mol. The number of fused-ring (bicyclic) bond motifs is 1. The number of nitrogen functional groups attached to an aromatic ring is 1. The Morgan fingerprint density at radius 2 is 2.06 bits per heavy atom. The minimum absolute atomic E-state index is 0.223. The standard InChI is InChI=1S/C22H21N7O5/c1-12-11-28(17-6-9-29(26-17)14-4-7-24-8-5-14)22(32)19(33-12)18(30)21(31)25-13-2-3-15-16(10-13)34-27-20(15)23/h2-10,12,18-19,30H,11H2,1H3,(H2,23,27)(H,25,31)/t12-,18-,19-/m1/s1. The second-order valence-corrected chi connectivity index (χ2v) is 7.85. The van der Waals surface area contributed by atoms with E-state index < -0.39 is 30.1 Å².